The van der Waals surface area contributed by atoms with Crippen molar-refractivity contribution in [3.05, 3.63) is 123 Å². The molecule has 0 saturated heterocycles. The Morgan fingerprint density at radius 1 is 0.957 bits per heavy atom. The summed E-state index contributed by atoms with van der Waals surface area (Å²) in [5.74, 6) is -0.430. The number of alkyl halides is 3. The normalized spacial score (nSPS) is 15.0. The van der Waals surface area contributed by atoms with E-state index in [1.165, 1.54) is 37.3 Å². The molecule has 0 spiro atoms. The van der Waals surface area contributed by atoms with Gasteiger partial charge in [0.2, 0.25) is 0 Å². The van der Waals surface area contributed by atoms with Gasteiger partial charge in [0.15, 0.2) is 22.0 Å². The Morgan fingerprint density at radius 3 is 2.35 bits per heavy atom. The van der Waals surface area contributed by atoms with Crippen LogP contribution in [0.1, 0.15) is 36.6 Å². The lowest BCUT2D eigenvalue weighted by atomic mass is 9.95. The maximum absolute atomic E-state index is 14.3. The van der Waals surface area contributed by atoms with E-state index in [0.29, 0.717) is 38.7 Å². The Morgan fingerprint density at radius 2 is 1.70 bits per heavy atom. The number of halogens is 6. The third-order valence-electron chi connectivity index (χ3n) is 6.72. The third kappa shape index (κ3) is 7.12. The molecule has 0 amide bonds. The summed E-state index contributed by atoms with van der Waals surface area (Å²) in [6.07, 6.45) is -3.50. The van der Waals surface area contributed by atoms with Crippen LogP contribution in [-0.2, 0) is 16.1 Å². The van der Waals surface area contributed by atoms with E-state index in [2.05, 4.69) is 4.99 Å². The average molecular weight is 712 g/mol. The predicted molar refractivity (Wildman–Crippen MR) is 171 cm³/mol. The van der Waals surface area contributed by atoms with Gasteiger partial charge in [0.05, 0.1) is 39.4 Å². The SMILES string of the molecule is CCOC(=O)C1=C(C(F)(F)F)N=c2s/c(=C\c3ccc(OCc4ccc(Cl)c(Cl)c4)c(OCC)c3)c(=O)n2[C@@H]1c1ccc(Cl)cc1. The highest BCUT2D eigenvalue weighted by molar-refractivity contribution is 7.07. The van der Waals surface area contributed by atoms with Gasteiger partial charge in [0.1, 0.15) is 6.61 Å². The molecule has 2 heterocycles. The number of allylic oxidation sites excluding steroid dienone is 1. The second-order valence-electron chi connectivity index (χ2n) is 9.79. The van der Waals surface area contributed by atoms with E-state index in [0.717, 1.165) is 21.5 Å². The van der Waals surface area contributed by atoms with Crippen molar-refractivity contribution in [2.24, 2.45) is 4.99 Å². The van der Waals surface area contributed by atoms with Crippen LogP contribution in [0.2, 0.25) is 15.1 Å². The first-order valence-corrected chi connectivity index (χ1v) is 15.8. The number of hydrogen-bond donors (Lipinski definition) is 0. The minimum Gasteiger partial charge on any atom is -0.490 e. The fourth-order valence-corrected chi connectivity index (χ4v) is 6.19. The molecule has 240 valence electrons. The number of nitrogens with zero attached hydrogens (tertiary/aromatic N) is 2. The van der Waals surface area contributed by atoms with Gasteiger partial charge in [-0.15, -0.1) is 0 Å². The molecule has 5 rings (SSSR count). The minimum atomic E-state index is -5.01. The van der Waals surface area contributed by atoms with Crippen molar-refractivity contribution in [3.63, 3.8) is 0 Å². The van der Waals surface area contributed by atoms with Crippen LogP contribution in [0.3, 0.4) is 0 Å². The van der Waals surface area contributed by atoms with Crippen LogP contribution >= 0.6 is 46.1 Å². The van der Waals surface area contributed by atoms with E-state index in [9.17, 15) is 22.8 Å². The van der Waals surface area contributed by atoms with Gasteiger partial charge in [0, 0.05) is 5.02 Å². The highest BCUT2D eigenvalue weighted by atomic mass is 35.5. The summed E-state index contributed by atoms with van der Waals surface area (Å²) in [4.78, 5) is 30.4. The highest BCUT2D eigenvalue weighted by Crippen LogP contribution is 2.38. The molecule has 7 nitrogen and oxygen atoms in total. The van der Waals surface area contributed by atoms with Crippen LogP contribution in [-0.4, -0.2) is 29.9 Å². The smallest absolute Gasteiger partial charge is 0.434 e. The summed E-state index contributed by atoms with van der Waals surface area (Å²) < 4.78 is 60.9. The molecule has 1 aromatic heterocycles. The van der Waals surface area contributed by atoms with Crippen molar-refractivity contribution in [2.75, 3.05) is 13.2 Å². The summed E-state index contributed by atoms with van der Waals surface area (Å²) in [6, 6.07) is 14.5. The zero-order chi connectivity index (χ0) is 33.2. The van der Waals surface area contributed by atoms with E-state index < -0.39 is 35.0 Å². The lowest BCUT2D eigenvalue weighted by Gasteiger charge is -2.26. The van der Waals surface area contributed by atoms with Gasteiger partial charge in [-0.1, -0.05) is 70.4 Å². The zero-order valence-electron chi connectivity index (χ0n) is 24.2. The Labute approximate surface area is 279 Å². The van der Waals surface area contributed by atoms with Crippen molar-refractivity contribution in [2.45, 2.75) is 32.7 Å². The molecule has 0 N–H and O–H groups in total. The number of ether oxygens (including phenoxy) is 3. The van der Waals surface area contributed by atoms with Gasteiger partial charge in [-0.25, -0.2) is 9.79 Å². The van der Waals surface area contributed by atoms with E-state index in [1.807, 2.05) is 0 Å². The van der Waals surface area contributed by atoms with Crippen LogP contribution < -0.4 is 24.4 Å². The van der Waals surface area contributed by atoms with Crippen molar-refractivity contribution >= 4 is 58.2 Å². The number of esters is 1. The van der Waals surface area contributed by atoms with Crippen molar-refractivity contribution in [1.82, 2.24) is 4.57 Å². The second kappa shape index (κ2) is 13.9. The van der Waals surface area contributed by atoms with Crippen molar-refractivity contribution in [1.29, 1.82) is 0 Å². The maximum atomic E-state index is 14.3. The first-order chi connectivity index (χ1) is 21.9. The topological polar surface area (TPSA) is 79.1 Å². The molecule has 1 aliphatic rings. The number of hydrogen-bond acceptors (Lipinski definition) is 7. The maximum Gasteiger partial charge on any atom is 0.434 e. The summed E-state index contributed by atoms with van der Waals surface area (Å²) >= 11 is 18.9. The molecule has 0 fully saturated rings. The fourth-order valence-electron chi connectivity index (χ4n) is 4.74. The molecular formula is C32H24Cl3F3N2O5S. The Bertz CT molecular complexity index is 2010. The van der Waals surface area contributed by atoms with Gasteiger partial charge in [0.25, 0.3) is 5.56 Å². The van der Waals surface area contributed by atoms with Crippen LogP contribution in [0.5, 0.6) is 11.5 Å². The second-order valence-corrected chi connectivity index (χ2v) is 12.1. The van der Waals surface area contributed by atoms with Crippen LogP contribution in [0.15, 0.2) is 81.7 Å². The monoisotopic (exact) mass is 710 g/mol. The molecule has 0 radical (unpaired) electrons. The molecule has 14 heteroatoms. The molecule has 46 heavy (non-hydrogen) atoms. The number of rotatable bonds is 9. The molecule has 4 aromatic rings. The van der Waals surface area contributed by atoms with Gasteiger partial charge < -0.3 is 14.2 Å². The Kier molecular flexibility index (Phi) is 10.2. The molecular weight excluding hydrogens is 688 g/mol. The molecule has 1 atom stereocenters. The summed E-state index contributed by atoms with van der Waals surface area (Å²) in [5, 5.41) is 1.13. The van der Waals surface area contributed by atoms with E-state index >= 15 is 0 Å². The number of thiazole rings is 1. The number of carbonyl (C=O) groups excluding carboxylic acids is 1. The summed E-state index contributed by atoms with van der Waals surface area (Å²) in [5.41, 5.74) is -1.36. The van der Waals surface area contributed by atoms with Crippen LogP contribution in [0.4, 0.5) is 13.2 Å². The molecule has 0 unspecified atom stereocenters. The quantitative estimate of drug-likeness (QED) is 0.171. The van der Waals surface area contributed by atoms with E-state index in [-0.39, 0.29) is 28.1 Å². The fraction of sp³-hybridized carbons (Fsp3) is 0.219. The molecule has 0 bridgehead atoms. The third-order valence-corrected chi connectivity index (χ3v) is 8.70. The van der Waals surface area contributed by atoms with Gasteiger partial charge in [-0.3, -0.25) is 9.36 Å². The number of fused-ring (bicyclic) bond motifs is 1. The molecule has 3 aromatic carbocycles. The largest absolute Gasteiger partial charge is 0.490 e. The highest BCUT2D eigenvalue weighted by Gasteiger charge is 2.45. The number of aromatic nitrogens is 1. The first kappa shape index (κ1) is 33.6. The predicted octanol–water partition coefficient (Wildman–Crippen LogP) is 7.28. The lowest BCUT2D eigenvalue weighted by Crippen LogP contribution is -2.41. The summed E-state index contributed by atoms with van der Waals surface area (Å²) in [6.45, 7) is 3.57. The van der Waals surface area contributed by atoms with Crippen LogP contribution in [0.25, 0.3) is 6.08 Å². The minimum absolute atomic E-state index is 0.0799. The number of carbonyl (C=O) groups is 1. The van der Waals surface area contributed by atoms with E-state index in [1.54, 1.807) is 43.3 Å². The standard InChI is InChI=1S/C32H24Cl3F3N2O5S/c1-3-43-24-14-17(6-12-23(24)45-16-18-5-11-21(34)22(35)13-18)15-25-29(41)40-27(19-7-9-20(33)10-8-19)26(30(42)44-4-2)28(32(36,37)38)39-31(40)46-25/h5-15,27H,3-4,16H2,1-2H3/b25-15-/t27-/m1/s1. The molecule has 0 aliphatic carbocycles. The van der Waals surface area contributed by atoms with Crippen LogP contribution in [0, 0.1) is 0 Å². The number of benzene rings is 3. The van der Waals surface area contributed by atoms with Crippen molar-refractivity contribution < 1.29 is 32.2 Å². The zero-order valence-corrected chi connectivity index (χ0v) is 27.2. The first-order valence-electron chi connectivity index (χ1n) is 13.8. The Hall–Kier alpha value is -3.77. The molecule has 0 saturated carbocycles. The van der Waals surface area contributed by atoms with Crippen molar-refractivity contribution in [3.8, 4) is 11.5 Å². The average Bonchev–Trinajstić information content (AvgIpc) is 3.32. The molecule has 1 aliphatic heterocycles. The summed E-state index contributed by atoms with van der Waals surface area (Å²) in [7, 11) is 0. The van der Waals surface area contributed by atoms with Gasteiger partial charge >= 0.3 is 12.1 Å². The Balaban J connectivity index is 1.60. The van der Waals surface area contributed by atoms with E-state index in [4.69, 9.17) is 49.0 Å². The lowest BCUT2D eigenvalue weighted by molar-refractivity contribution is -0.140. The van der Waals surface area contributed by atoms with Gasteiger partial charge in [-0.05, 0) is 73.0 Å². The van der Waals surface area contributed by atoms with Gasteiger partial charge in [-0.2, -0.15) is 13.2 Å².